The zero-order valence-corrected chi connectivity index (χ0v) is 13.7. The Morgan fingerprint density at radius 3 is 2.09 bits per heavy atom. The SMILES string of the molecule is COc1cc(-c2nc3nc(C)cc(C)n3n2)cc(OC)c1OC. The smallest absolute Gasteiger partial charge is 0.253 e. The van der Waals surface area contributed by atoms with Crippen molar-refractivity contribution in [3.63, 3.8) is 0 Å². The molecule has 0 bridgehead atoms. The fourth-order valence-corrected chi connectivity index (χ4v) is 2.50. The van der Waals surface area contributed by atoms with Crippen LogP contribution in [0.3, 0.4) is 0 Å². The maximum absolute atomic E-state index is 5.37. The van der Waals surface area contributed by atoms with E-state index in [4.69, 9.17) is 14.2 Å². The Morgan fingerprint density at radius 1 is 0.870 bits per heavy atom. The number of aromatic nitrogens is 4. The highest BCUT2D eigenvalue weighted by atomic mass is 16.5. The van der Waals surface area contributed by atoms with Crippen LogP contribution in [-0.2, 0) is 0 Å². The topological polar surface area (TPSA) is 70.8 Å². The highest BCUT2D eigenvalue weighted by Gasteiger charge is 2.17. The fourth-order valence-electron chi connectivity index (χ4n) is 2.50. The van der Waals surface area contributed by atoms with Gasteiger partial charge in [0.25, 0.3) is 5.78 Å². The van der Waals surface area contributed by atoms with Crippen molar-refractivity contribution in [3.05, 3.63) is 29.6 Å². The van der Waals surface area contributed by atoms with Crippen LogP contribution >= 0.6 is 0 Å². The van der Waals surface area contributed by atoms with E-state index < -0.39 is 0 Å². The van der Waals surface area contributed by atoms with Crippen LogP contribution in [0.25, 0.3) is 17.2 Å². The Morgan fingerprint density at radius 2 is 1.52 bits per heavy atom. The minimum Gasteiger partial charge on any atom is -0.493 e. The second kappa shape index (κ2) is 5.75. The van der Waals surface area contributed by atoms with Crippen LogP contribution in [0.1, 0.15) is 11.4 Å². The molecule has 2 heterocycles. The van der Waals surface area contributed by atoms with E-state index in [1.165, 1.54) is 0 Å². The number of fused-ring (bicyclic) bond motifs is 1. The van der Waals surface area contributed by atoms with E-state index in [1.54, 1.807) is 25.8 Å². The number of hydrogen-bond acceptors (Lipinski definition) is 6. The number of aryl methyl sites for hydroxylation is 2. The zero-order valence-electron chi connectivity index (χ0n) is 13.7. The molecule has 23 heavy (non-hydrogen) atoms. The highest BCUT2D eigenvalue weighted by molar-refractivity contribution is 5.67. The number of nitrogens with zero attached hydrogens (tertiary/aromatic N) is 4. The minimum atomic E-state index is 0.535. The normalized spacial score (nSPS) is 10.8. The Kier molecular flexibility index (Phi) is 3.77. The fraction of sp³-hybridized carbons (Fsp3) is 0.312. The van der Waals surface area contributed by atoms with Crippen molar-refractivity contribution in [2.24, 2.45) is 0 Å². The lowest BCUT2D eigenvalue weighted by Crippen LogP contribution is -1.97. The van der Waals surface area contributed by atoms with Crippen molar-refractivity contribution in [2.75, 3.05) is 21.3 Å². The van der Waals surface area contributed by atoms with Gasteiger partial charge in [-0.05, 0) is 32.0 Å². The molecule has 0 aliphatic heterocycles. The molecule has 2 aromatic heterocycles. The second-order valence-corrected chi connectivity index (χ2v) is 5.10. The van der Waals surface area contributed by atoms with Gasteiger partial charge in [-0.3, -0.25) is 0 Å². The Bertz CT molecular complexity index is 848. The third kappa shape index (κ3) is 2.54. The van der Waals surface area contributed by atoms with Crippen LogP contribution in [0.5, 0.6) is 17.2 Å². The number of ether oxygens (including phenoxy) is 3. The van der Waals surface area contributed by atoms with Gasteiger partial charge in [-0.15, -0.1) is 5.10 Å². The van der Waals surface area contributed by atoms with Crippen LogP contribution in [0.2, 0.25) is 0 Å². The van der Waals surface area contributed by atoms with Gasteiger partial charge >= 0.3 is 0 Å². The van der Waals surface area contributed by atoms with Crippen LogP contribution in [0.4, 0.5) is 0 Å². The molecule has 0 aliphatic rings. The van der Waals surface area contributed by atoms with Gasteiger partial charge in [-0.2, -0.15) is 4.98 Å². The first-order valence-corrected chi connectivity index (χ1v) is 7.08. The molecule has 3 aromatic rings. The van der Waals surface area contributed by atoms with Crippen LogP contribution in [-0.4, -0.2) is 40.9 Å². The molecule has 0 fully saturated rings. The molecule has 1 aromatic carbocycles. The maximum Gasteiger partial charge on any atom is 0.253 e. The van der Waals surface area contributed by atoms with Crippen molar-refractivity contribution in [1.82, 2.24) is 19.6 Å². The first-order valence-electron chi connectivity index (χ1n) is 7.08. The van der Waals surface area contributed by atoms with E-state index in [0.29, 0.717) is 28.9 Å². The van der Waals surface area contributed by atoms with Crippen molar-refractivity contribution in [1.29, 1.82) is 0 Å². The summed E-state index contributed by atoms with van der Waals surface area (Å²) in [5.74, 6) is 2.76. The molecular weight excluding hydrogens is 296 g/mol. The first kappa shape index (κ1) is 15.1. The van der Waals surface area contributed by atoms with Crippen LogP contribution in [0.15, 0.2) is 18.2 Å². The zero-order chi connectivity index (χ0) is 16.6. The molecule has 0 aliphatic carbocycles. The standard InChI is InChI=1S/C16H18N4O3/c1-9-6-10(2)20-16(17-9)18-15(19-20)11-7-12(21-3)14(23-5)13(8-11)22-4/h6-8H,1-5H3. The Labute approximate surface area is 133 Å². The monoisotopic (exact) mass is 314 g/mol. The summed E-state index contributed by atoms with van der Waals surface area (Å²) < 4.78 is 17.8. The summed E-state index contributed by atoms with van der Waals surface area (Å²) in [7, 11) is 4.72. The van der Waals surface area contributed by atoms with E-state index >= 15 is 0 Å². The van der Waals surface area contributed by atoms with Gasteiger partial charge < -0.3 is 14.2 Å². The van der Waals surface area contributed by atoms with Gasteiger partial charge in [-0.1, -0.05) is 0 Å². The van der Waals surface area contributed by atoms with Gasteiger partial charge in [0.05, 0.1) is 21.3 Å². The maximum atomic E-state index is 5.37. The van der Waals surface area contributed by atoms with Gasteiger partial charge in [0, 0.05) is 17.0 Å². The minimum absolute atomic E-state index is 0.535. The summed E-state index contributed by atoms with van der Waals surface area (Å²) in [5, 5.41) is 4.52. The summed E-state index contributed by atoms with van der Waals surface area (Å²) in [6.07, 6.45) is 0. The molecule has 3 rings (SSSR count). The molecule has 0 N–H and O–H groups in total. The predicted molar refractivity (Wildman–Crippen MR) is 85.3 cm³/mol. The predicted octanol–water partition coefficient (Wildman–Crippen LogP) is 2.43. The van der Waals surface area contributed by atoms with E-state index in [-0.39, 0.29) is 0 Å². The summed E-state index contributed by atoms with van der Waals surface area (Å²) in [4.78, 5) is 8.90. The highest BCUT2D eigenvalue weighted by Crippen LogP contribution is 2.40. The van der Waals surface area contributed by atoms with Gasteiger partial charge in [0.1, 0.15) is 0 Å². The van der Waals surface area contributed by atoms with Gasteiger partial charge in [0.15, 0.2) is 17.3 Å². The average molecular weight is 314 g/mol. The number of benzene rings is 1. The lowest BCUT2D eigenvalue weighted by Gasteiger charge is -2.12. The summed E-state index contributed by atoms with van der Waals surface area (Å²) >= 11 is 0. The molecule has 0 saturated heterocycles. The third-order valence-electron chi connectivity index (χ3n) is 3.54. The average Bonchev–Trinajstić information content (AvgIpc) is 2.97. The number of rotatable bonds is 4. The van der Waals surface area contributed by atoms with Gasteiger partial charge in [0.2, 0.25) is 5.75 Å². The molecule has 0 amide bonds. The summed E-state index contributed by atoms with van der Waals surface area (Å²) in [5.41, 5.74) is 2.64. The molecule has 0 saturated carbocycles. The van der Waals surface area contributed by atoms with Crippen LogP contribution < -0.4 is 14.2 Å². The summed E-state index contributed by atoms with van der Waals surface area (Å²) in [6, 6.07) is 5.59. The Balaban J connectivity index is 2.20. The van der Waals surface area contributed by atoms with E-state index in [0.717, 1.165) is 17.0 Å². The molecule has 7 nitrogen and oxygen atoms in total. The van der Waals surface area contributed by atoms with E-state index in [9.17, 15) is 0 Å². The van der Waals surface area contributed by atoms with Crippen LogP contribution in [0, 0.1) is 13.8 Å². The molecular formula is C16H18N4O3. The quantitative estimate of drug-likeness (QED) is 0.736. The lowest BCUT2D eigenvalue weighted by molar-refractivity contribution is 0.324. The van der Waals surface area contributed by atoms with E-state index in [2.05, 4.69) is 15.1 Å². The molecule has 120 valence electrons. The van der Waals surface area contributed by atoms with Crippen molar-refractivity contribution < 1.29 is 14.2 Å². The second-order valence-electron chi connectivity index (χ2n) is 5.10. The number of hydrogen-bond donors (Lipinski definition) is 0. The number of methoxy groups -OCH3 is 3. The molecule has 0 atom stereocenters. The largest absolute Gasteiger partial charge is 0.493 e. The van der Waals surface area contributed by atoms with E-state index in [1.807, 2.05) is 32.0 Å². The van der Waals surface area contributed by atoms with Crippen molar-refractivity contribution >= 4 is 5.78 Å². The lowest BCUT2D eigenvalue weighted by atomic mass is 10.1. The first-order chi connectivity index (χ1) is 11.1. The van der Waals surface area contributed by atoms with Gasteiger partial charge in [-0.25, -0.2) is 9.50 Å². The molecule has 0 spiro atoms. The third-order valence-corrected chi connectivity index (χ3v) is 3.54. The Hall–Kier alpha value is -2.83. The molecule has 0 unspecified atom stereocenters. The molecule has 7 heteroatoms. The summed E-state index contributed by atoms with van der Waals surface area (Å²) in [6.45, 7) is 3.90. The van der Waals surface area contributed by atoms with Crippen molar-refractivity contribution in [2.45, 2.75) is 13.8 Å². The van der Waals surface area contributed by atoms with Crippen molar-refractivity contribution in [3.8, 4) is 28.6 Å². The molecule has 0 radical (unpaired) electrons.